The molecule has 4 nitrogen and oxygen atoms in total. The molecule has 1 unspecified atom stereocenters. The number of carbonyl (C=O) groups is 1. The third-order valence-electron chi connectivity index (χ3n) is 3.62. The summed E-state index contributed by atoms with van der Waals surface area (Å²) in [5.74, 6) is 1.09. The van der Waals surface area contributed by atoms with Gasteiger partial charge in [0.25, 0.3) is 5.91 Å². The van der Waals surface area contributed by atoms with Gasteiger partial charge in [-0.2, -0.15) is 11.8 Å². The van der Waals surface area contributed by atoms with Crippen molar-refractivity contribution in [2.75, 3.05) is 30.5 Å². The maximum absolute atomic E-state index is 12.0. The second kappa shape index (κ2) is 6.06. The lowest BCUT2D eigenvalue weighted by Gasteiger charge is -2.21. The molecule has 1 saturated heterocycles. The molecule has 0 radical (unpaired) electrons. The molecule has 2 N–H and O–H groups in total. The second-order valence-electron chi connectivity index (χ2n) is 5.53. The number of nitrogens with zero attached hydrogens (tertiary/aromatic N) is 1. The Bertz CT molecular complexity index is 497. The van der Waals surface area contributed by atoms with Gasteiger partial charge in [-0.3, -0.25) is 4.79 Å². The molecule has 0 spiro atoms. The zero-order chi connectivity index (χ0) is 14.8. The molecule has 0 aromatic heterocycles. The Morgan fingerprint density at radius 3 is 2.80 bits per heavy atom. The number of thioether (sulfide) groups is 1. The van der Waals surface area contributed by atoms with Crippen molar-refractivity contribution in [1.29, 1.82) is 0 Å². The first-order valence-corrected chi connectivity index (χ1v) is 7.93. The molecule has 1 aliphatic rings. The van der Waals surface area contributed by atoms with Crippen LogP contribution in [-0.2, 0) is 11.3 Å². The van der Waals surface area contributed by atoms with Crippen LogP contribution in [0.5, 0.6) is 0 Å². The van der Waals surface area contributed by atoms with Crippen LogP contribution < -0.4 is 10.2 Å². The molecule has 1 atom stereocenters. The molecule has 1 aromatic rings. The van der Waals surface area contributed by atoms with Crippen molar-refractivity contribution in [3.63, 3.8) is 0 Å². The van der Waals surface area contributed by atoms with E-state index in [1.54, 1.807) is 11.8 Å². The van der Waals surface area contributed by atoms with Gasteiger partial charge in [0.1, 0.15) is 0 Å². The minimum atomic E-state index is -1.18. The number of aliphatic hydroxyl groups is 1. The number of hydrogen-bond acceptors (Lipinski definition) is 4. The van der Waals surface area contributed by atoms with Crippen molar-refractivity contribution in [3.8, 4) is 0 Å². The van der Waals surface area contributed by atoms with Gasteiger partial charge in [-0.15, -0.1) is 0 Å². The Balaban J connectivity index is 1.97. The predicted octanol–water partition coefficient (Wildman–Crippen LogP) is 1.55. The van der Waals surface area contributed by atoms with E-state index in [4.69, 9.17) is 0 Å². The summed E-state index contributed by atoms with van der Waals surface area (Å²) in [5, 5.41) is 13.0. The summed E-state index contributed by atoms with van der Waals surface area (Å²) in [5.41, 5.74) is 2.22. The average molecular weight is 294 g/mol. The lowest BCUT2D eigenvalue weighted by atomic mass is 10.0. The lowest BCUT2D eigenvalue weighted by Crippen LogP contribution is -2.46. The normalized spacial score (nSPS) is 21.8. The molecule has 0 aliphatic carbocycles. The number of hydrogen-bond donors (Lipinski definition) is 2. The number of benzene rings is 1. The van der Waals surface area contributed by atoms with E-state index < -0.39 is 5.60 Å². The maximum Gasteiger partial charge on any atom is 0.253 e. The zero-order valence-electron chi connectivity index (χ0n) is 12.3. The number of nitrogens with one attached hydrogen (secondary N) is 1. The second-order valence-corrected chi connectivity index (χ2v) is 6.64. The molecule has 1 aromatic carbocycles. The third kappa shape index (κ3) is 3.27. The van der Waals surface area contributed by atoms with E-state index in [2.05, 4.69) is 29.3 Å². The monoisotopic (exact) mass is 294 g/mol. The molecule has 0 bridgehead atoms. The molecule has 20 heavy (non-hydrogen) atoms. The fraction of sp³-hybridized carbons (Fsp3) is 0.533. The maximum atomic E-state index is 12.0. The van der Waals surface area contributed by atoms with Crippen molar-refractivity contribution >= 4 is 23.4 Å². The molecule has 1 amide bonds. The van der Waals surface area contributed by atoms with Crippen LogP contribution in [0.1, 0.15) is 17.5 Å². The molecule has 0 saturated carbocycles. The minimum Gasteiger partial charge on any atom is -0.379 e. The Hall–Kier alpha value is -1.20. The van der Waals surface area contributed by atoms with Gasteiger partial charge in [-0.1, -0.05) is 12.1 Å². The van der Waals surface area contributed by atoms with Crippen molar-refractivity contribution in [2.45, 2.75) is 25.5 Å². The summed E-state index contributed by atoms with van der Waals surface area (Å²) in [6, 6.07) is 6.13. The van der Waals surface area contributed by atoms with Crippen molar-refractivity contribution in [3.05, 3.63) is 29.3 Å². The van der Waals surface area contributed by atoms with Crippen molar-refractivity contribution < 1.29 is 9.90 Å². The summed E-state index contributed by atoms with van der Waals surface area (Å²) in [4.78, 5) is 14.1. The highest BCUT2D eigenvalue weighted by molar-refractivity contribution is 7.99. The Morgan fingerprint density at radius 1 is 1.50 bits per heavy atom. The fourth-order valence-corrected chi connectivity index (χ4v) is 3.65. The SMILES string of the molecule is Cc1cc(CNC(=O)C2(O)CCSC2)ccc1N(C)C. The van der Waals surface area contributed by atoms with Gasteiger partial charge in [-0.25, -0.2) is 0 Å². The van der Waals surface area contributed by atoms with Crippen LogP contribution in [0.15, 0.2) is 18.2 Å². The number of amides is 1. The Morgan fingerprint density at radius 2 is 2.25 bits per heavy atom. The first-order chi connectivity index (χ1) is 9.42. The quantitative estimate of drug-likeness (QED) is 0.884. The standard InChI is InChI=1S/C15H22N2O2S/c1-11-8-12(4-5-13(11)17(2)3)9-16-14(18)15(19)6-7-20-10-15/h4-5,8,19H,6-7,9-10H2,1-3H3,(H,16,18). The summed E-state index contributed by atoms with van der Waals surface area (Å²) in [6.07, 6.45) is 0.544. The van der Waals surface area contributed by atoms with Crippen LogP contribution in [0.3, 0.4) is 0 Å². The highest BCUT2D eigenvalue weighted by Crippen LogP contribution is 2.28. The predicted molar refractivity (Wildman–Crippen MR) is 84.2 cm³/mol. The first kappa shape index (κ1) is 15.2. The van der Waals surface area contributed by atoms with Gasteiger partial charge in [0.15, 0.2) is 5.60 Å². The molecule has 2 rings (SSSR count). The number of anilines is 1. The summed E-state index contributed by atoms with van der Waals surface area (Å²) in [6.45, 7) is 2.52. The van der Waals surface area contributed by atoms with Gasteiger partial charge < -0.3 is 15.3 Å². The number of aryl methyl sites for hydroxylation is 1. The van der Waals surface area contributed by atoms with Gasteiger partial charge in [0, 0.05) is 32.1 Å². The average Bonchev–Trinajstić information content (AvgIpc) is 2.84. The molecule has 110 valence electrons. The van der Waals surface area contributed by atoms with Gasteiger partial charge in [-0.05, 0) is 36.3 Å². The van der Waals surface area contributed by atoms with E-state index in [9.17, 15) is 9.90 Å². The molecule has 1 aliphatic heterocycles. The van der Waals surface area contributed by atoms with E-state index >= 15 is 0 Å². The fourth-order valence-electron chi connectivity index (χ4n) is 2.41. The summed E-state index contributed by atoms with van der Waals surface area (Å²) >= 11 is 1.62. The van der Waals surface area contributed by atoms with E-state index in [0.717, 1.165) is 11.3 Å². The molecular weight excluding hydrogens is 272 g/mol. The van der Waals surface area contributed by atoms with Crippen LogP contribution in [0, 0.1) is 6.92 Å². The van der Waals surface area contributed by atoms with E-state index in [-0.39, 0.29) is 5.91 Å². The summed E-state index contributed by atoms with van der Waals surface area (Å²) < 4.78 is 0. The Kier molecular flexibility index (Phi) is 4.60. The third-order valence-corrected chi connectivity index (χ3v) is 4.79. The van der Waals surface area contributed by atoms with E-state index in [1.807, 2.05) is 20.2 Å². The highest BCUT2D eigenvalue weighted by Gasteiger charge is 2.39. The Labute approximate surface area is 124 Å². The highest BCUT2D eigenvalue weighted by atomic mass is 32.2. The van der Waals surface area contributed by atoms with Crippen LogP contribution in [0.4, 0.5) is 5.69 Å². The topological polar surface area (TPSA) is 52.6 Å². The zero-order valence-corrected chi connectivity index (χ0v) is 13.1. The van der Waals surface area contributed by atoms with Crippen LogP contribution in [0.2, 0.25) is 0 Å². The molecule has 1 fully saturated rings. The van der Waals surface area contributed by atoms with Crippen LogP contribution >= 0.6 is 11.8 Å². The van der Waals surface area contributed by atoms with Crippen LogP contribution in [0.25, 0.3) is 0 Å². The first-order valence-electron chi connectivity index (χ1n) is 6.78. The number of rotatable bonds is 4. The smallest absolute Gasteiger partial charge is 0.253 e. The van der Waals surface area contributed by atoms with Gasteiger partial charge in [0.05, 0.1) is 0 Å². The molecule has 5 heteroatoms. The van der Waals surface area contributed by atoms with Gasteiger partial charge >= 0.3 is 0 Å². The van der Waals surface area contributed by atoms with Gasteiger partial charge in [0.2, 0.25) is 0 Å². The minimum absolute atomic E-state index is 0.253. The van der Waals surface area contributed by atoms with Crippen LogP contribution in [-0.4, -0.2) is 42.2 Å². The summed E-state index contributed by atoms with van der Waals surface area (Å²) in [7, 11) is 4.02. The van der Waals surface area contributed by atoms with Crippen molar-refractivity contribution in [1.82, 2.24) is 5.32 Å². The van der Waals surface area contributed by atoms with E-state index in [1.165, 1.54) is 11.3 Å². The largest absolute Gasteiger partial charge is 0.379 e. The van der Waals surface area contributed by atoms with Crippen molar-refractivity contribution in [2.24, 2.45) is 0 Å². The lowest BCUT2D eigenvalue weighted by molar-refractivity contribution is -0.137. The molecule has 1 heterocycles. The van der Waals surface area contributed by atoms with E-state index in [0.29, 0.717) is 18.7 Å². The molecular formula is C15H22N2O2S. The number of carbonyl (C=O) groups excluding carboxylic acids is 1.